The fraction of sp³-hybridized carbons (Fsp3) is 0.783. The Hall–Kier alpha value is -1.70. The van der Waals surface area contributed by atoms with E-state index in [1.165, 1.54) is 4.57 Å². The zero-order valence-electron chi connectivity index (χ0n) is 20.1. The van der Waals surface area contributed by atoms with E-state index >= 15 is 0 Å². The third-order valence-corrected chi connectivity index (χ3v) is 9.37. The summed E-state index contributed by atoms with van der Waals surface area (Å²) in [5.41, 5.74) is 0.306. The van der Waals surface area contributed by atoms with Crippen LogP contribution in [0.15, 0.2) is 9.59 Å². The second-order valence-electron chi connectivity index (χ2n) is 9.98. The highest BCUT2D eigenvalue weighted by atomic mass is 31.2. The van der Waals surface area contributed by atoms with Crippen molar-refractivity contribution >= 4 is 18.8 Å². The lowest BCUT2D eigenvalue weighted by Crippen LogP contribution is -2.45. The Morgan fingerprint density at radius 3 is 2.21 bits per heavy atom. The van der Waals surface area contributed by atoms with Crippen molar-refractivity contribution in [2.24, 2.45) is 5.41 Å². The van der Waals surface area contributed by atoms with E-state index in [-0.39, 0.29) is 34.8 Å². The van der Waals surface area contributed by atoms with Gasteiger partial charge in [0.25, 0.3) is 5.56 Å². The molecule has 0 aliphatic heterocycles. The van der Waals surface area contributed by atoms with Gasteiger partial charge in [0.15, 0.2) is 5.65 Å². The Morgan fingerprint density at radius 1 is 1.03 bits per heavy atom. The first-order chi connectivity index (χ1) is 15.7. The maximum Gasteiger partial charge on any atom is 0.332 e. The topological polar surface area (TPSA) is 119 Å². The van der Waals surface area contributed by atoms with Crippen LogP contribution in [0.3, 0.4) is 0 Å². The Balaban J connectivity index is 1.63. The molecule has 1 unspecified atom stereocenters. The molecule has 0 saturated heterocycles. The van der Waals surface area contributed by atoms with Crippen LogP contribution in [0.1, 0.15) is 84.4 Å². The van der Waals surface area contributed by atoms with Crippen molar-refractivity contribution in [3.63, 3.8) is 0 Å². The third-order valence-electron chi connectivity index (χ3n) is 7.92. The van der Waals surface area contributed by atoms with Crippen LogP contribution in [0.25, 0.3) is 11.2 Å². The summed E-state index contributed by atoms with van der Waals surface area (Å²) in [7, 11) is -3.51. The average molecular weight is 481 g/mol. The summed E-state index contributed by atoms with van der Waals surface area (Å²) in [6.45, 7) is 6.88. The monoisotopic (exact) mass is 480 g/mol. The largest absolute Gasteiger partial charge is 0.336 e. The maximum absolute atomic E-state index is 13.1. The lowest BCUT2D eigenvalue weighted by molar-refractivity contribution is 0.0323. The fourth-order valence-electron chi connectivity index (χ4n) is 5.90. The van der Waals surface area contributed by atoms with Crippen LogP contribution < -0.4 is 11.2 Å². The first kappa shape index (κ1) is 24.4. The molecule has 3 aliphatic carbocycles. The van der Waals surface area contributed by atoms with Crippen molar-refractivity contribution in [3.8, 4) is 0 Å². The molecule has 9 nitrogen and oxygen atoms in total. The normalized spacial score (nSPS) is 26.7. The van der Waals surface area contributed by atoms with Crippen molar-refractivity contribution in [2.75, 3.05) is 12.8 Å². The summed E-state index contributed by atoms with van der Waals surface area (Å²) in [6, 6.07) is 0. The van der Waals surface area contributed by atoms with Crippen LogP contribution in [0.2, 0.25) is 0 Å². The predicted molar refractivity (Wildman–Crippen MR) is 128 cm³/mol. The molecule has 2 aromatic rings. The van der Waals surface area contributed by atoms with Gasteiger partial charge < -0.3 is 14.4 Å². The molecule has 1 atom stereocenters. The third kappa shape index (κ3) is 4.40. The molecule has 0 radical (unpaired) electrons. The van der Waals surface area contributed by atoms with E-state index in [2.05, 4.69) is 4.98 Å². The zero-order valence-corrected chi connectivity index (χ0v) is 21.0. The Labute approximate surface area is 194 Å². The SMILES string of the molecule is CCCn1c(=O)c2[nH]c(C34CCC(CCP(=O)(O)OCC)(CC3)CC4)nc2n(CCC)c1=O. The van der Waals surface area contributed by atoms with Crippen LogP contribution in [-0.4, -0.2) is 36.8 Å². The first-order valence-corrected chi connectivity index (χ1v) is 14.2. The van der Waals surface area contributed by atoms with Crippen molar-refractivity contribution in [2.45, 2.75) is 97.1 Å². The molecular weight excluding hydrogens is 443 g/mol. The Bertz CT molecular complexity index is 1160. The van der Waals surface area contributed by atoms with Crippen molar-refractivity contribution in [1.29, 1.82) is 0 Å². The van der Waals surface area contributed by atoms with Crippen LogP contribution in [-0.2, 0) is 27.6 Å². The number of nitrogens with one attached hydrogen (secondary N) is 1. The molecule has 5 rings (SSSR count). The summed E-state index contributed by atoms with van der Waals surface area (Å²) < 4.78 is 20.2. The molecular formula is C23H37N4O5P. The average Bonchev–Trinajstić information content (AvgIpc) is 3.26. The molecule has 0 aromatic carbocycles. The molecule has 10 heteroatoms. The van der Waals surface area contributed by atoms with Gasteiger partial charge in [-0.05, 0) is 70.1 Å². The van der Waals surface area contributed by atoms with Crippen molar-refractivity contribution in [1.82, 2.24) is 19.1 Å². The van der Waals surface area contributed by atoms with E-state index in [0.29, 0.717) is 37.1 Å². The number of hydrogen-bond donors (Lipinski definition) is 2. The number of aromatic nitrogens is 4. The highest BCUT2D eigenvalue weighted by Crippen LogP contribution is 2.60. The number of rotatable bonds is 10. The molecule has 0 amide bonds. The molecule has 3 saturated carbocycles. The molecule has 2 N–H and O–H groups in total. The Kier molecular flexibility index (Phi) is 6.78. The molecule has 2 bridgehead atoms. The summed E-state index contributed by atoms with van der Waals surface area (Å²) in [5, 5.41) is 0. The van der Waals surface area contributed by atoms with E-state index < -0.39 is 7.60 Å². The second kappa shape index (κ2) is 9.16. The lowest BCUT2D eigenvalue weighted by Gasteiger charge is -2.53. The van der Waals surface area contributed by atoms with Gasteiger partial charge in [-0.15, -0.1) is 0 Å². The molecule has 3 aliphatic rings. The van der Waals surface area contributed by atoms with Gasteiger partial charge in [-0.2, -0.15) is 0 Å². The van der Waals surface area contributed by atoms with Crippen molar-refractivity contribution in [3.05, 3.63) is 26.7 Å². The van der Waals surface area contributed by atoms with Crippen LogP contribution in [0.5, 0.6) is 0 Å². The van der Waals surface area contributed by atoms with Gasteiger partial charge in [0.05, 0.1) is 12.8 Å². The van der Waals surface area contributed by atoms with E-state index in [9.17, 15) is 19.0 Å². The number of aryl methyl sites for hydroxylation is 1. The van der Waals surface area contributed by atoms with Crippen LogP contribution in [0, 0.1) is 5.41 Å². The minimum atomic E-state index is -3.51. The van der Waals surface area contributed by atoms with E-state index in [1.54, 1.807) is 11.5 Å². The van der Waals surface area contributed by atoms with Gasteiger partial charge in [0.2, 0.25) is 0 Å². The van der Waals surface area contributed by atoms with Gasteiger partial charge in [-0.25, -0.2) is 9.78 Å². The number of imidazole rings is 1. The predicted octanol–water partition coefficient (Wildman–Crippen LogP) is 3.91. The summed E-state index contributed by atoms with van der Waals surface area (Å²) in [5.74, 6) is 0.823. The molecule has 2 heterocycles. The number of H-pyrrole nitrogens is 1. The quantitative estimate of drug-likeness (QED) is 0.498. The molecule has 3 fully saturated rings. The minimum absolute atomic E-state index is 0.0847. The standard InChI is InChI=1S/C23H37N4O5P/c1-4-14-26-18-17(19(28)27(15-5-2)21(26)29)24-20(25-18)23-10-7-22(8-11-23,9-12-23)13-16-33(30,31)32-6-3/h4-16H2,1-3H3,(H,24,25)(H,30,31). The highest BCUT2D eigenvalue weighted by molar-refractivity contribution is 7.52. The molecule has 2 aromatic heterocycles. The summed E-state index contributed by atoms with van der Waals surface area (Å²) >= 11 is 0. The van der Waals surface area contributed by atoms with Crippen LogP contribution >= 0.6 is 7.60 Å². The van der Waals surface area contributed by atoms with Gasteiger partial charge in [0.1, 0.15) is 11.3 Å². The van der Waals surface area contributed by atoms with Crippen LogP contribution in [0.4, 0.5) is 0 Å². The van der Waals surface area contributed by atoms with Gasteiger partial charge in [-0.1, -0.05) is 13.8 Å². The smallest absolute Gasteiger partial charge is 0.332 e. The van der Waals surface area contributed by atoms with E-state index in [1.807, 2.05) is 13.8 Å². The number of fused-ring (bicyclic) bond motifs is 4. The molecule has 0 spiro atoms. The van der Waals surface area contributed by atoms with Crippen molar-refractivity contribution < 1.29 is 14.0 Å². The summed E-state index contributed by atoms with van der Waals surface area (Å²) in [4.78, 5) is 44.3. The van der Waals surface area contributed by atoms with Gasteiger partial charge in [0, 0.05) is 18.5 Å². The first-order valence-electron chi connectivity index (χ1n) is 12.4. The number of nitrogens with zero attached hydrogens (tertiary/aromatic N) is 3. The summed E-state index contributed by atoms with van der Waals surface area (Å²) in [6.07, 6.45) is 8.10. The number of aromatic amines is 1. The minimum Gasteiger partial charge on any atom is -0.336 e. The van der Waals surface area contributed by atoms with Gasteiger partial charge in [-0.3, -0.25) is 18.5 Å². The zero-order chi connectivity index (χ0) is 23.9. The van der Waals surface area contributed by atoms with E-state index in [0.717, 1.165) is 50.8 Å². The highest BCUT2D eigenvalue weighted by Gasteiger charge is 2.51. The molecule has 33 heavy (non-hydrogen) atoms. The Morgan fingerprint density at radius 2 is 1.64 bits per heavy atom. The maximum atomic E-state index is 13.1. The molecule has 184 valence electrons. The van der Waals surface area contributed by atoms with E-state index in [4.69, 9.17) is 9.51 Å². The fourth-order valence-corrected chi connectivity index (χ4v) is 7.19. The second-order valence-corrected chi connectivity index (χ2v) is 12.0. The van der Waals surface area contributed by atoms with Gasteiger partial charge >= 0.3 is 13.3 Å². The lowest BCUT2D eigenvalue weighted by atomic mass is 9.53. The number of hydrogen-bond acceptors (Lipinski definition) is 5.